The fourth-order valence-corrected chi connectivity index (χ4v) is 3.82. The van der Waals surface area contributed by atoms with Crippen LogP contribution in [0.1, 0.15) is 25.8 Å². The van der Waals surface area contributed by atoms with Crippen LogP contribution < -0.4 is 14.8 Å². The van der Waals surface area contributed by atoms with E-state index in [-0.39, 0.29) is 44.0 Å². The quantitative estimate of drug-likeness (QED) is 0.308. The van der Waals surface area contributed by atoms with E-state index in [1.165, 1.54) is 36.1 Å². The second-order valence-corrected chi connectivity index (χ2v) is 9.28. The van der Waals surface area contributed by atoms with Crippen LogP contribution >= 0.6 is 0 Å². The molecule has 1 saturated heterocycles. The van der Waals surface area contributed by atoms with Crippen molar-refractivity contribution >= 4 is 22.0 Å². The molecule has 0 radical (unpaired) electrons. The Morgan fingerprint density at radius 1 is 1.38 bits per heavy atom. The molecule has 3 N–H and O–H groups in total. The number of aliphatic hydroxyl groups is 1. The molecule has 9 nitrogen and oxygen atoms in total. The smallest absolute Gasteiger partial charge is 0.324 e. The molecule has 1 aromatic carbocycles. The van der Waals surface area contributed by atoms with Crippen LogP contribution in [0.4, 0.5) is 13.6 Å². The van der Waals surface area contributed by atoms with Crippen LogP contribution in [0.15, 0.2) is 30.4 Å². The number of rotatable bonds is 12. The lowest BCUT2D eigenvalue weighted by atomic mass is 9.91. The number of hydrogen-bond acceptors (Lipinski definition) is 6. The first kappa shape index (κ1) is 25.7. The molecule has 1 fully saturated rings. The highest BCUT2D eigenvalue weighted by Gasteiger charge is 2.30. The second-order valence-electron chi connectivity index (χ2n) is 7.43. The number of carbonyl (C=O) groups excluding carboxylic acids is 2. The number of halogens is 2. The predicted octanol–water partition coefficient (Wildman–Crippen LogP) is 1.19. The van der Waals surface area contributed by atoms with Crippen molar-refractivity contribution in [1.29, 1.82) is 0 Å². The average Bonchev–Trinajstić information content (AvgIpc) is 3.05. The Bertz CT molecular complexity index is 970. The van der Waals surface area contributed by atoms with E-state index in [2.05, 4.69) is 10.0 Å². The van der Waals surface area contributed by atoms with Crippen molar-refractivity contribution in [2.45, 2.75) is 32.0 Å². The van der Waals surface area contributed by atoms with Gasteiger partial charge in [-0.15, -0.1) is 0 Å². The van der Waals surface area contributed by atoms with Crippen LogP contribution in [0, 0.1) is 5.82 Å². The van der Waals surface area contributed by atoms with Gasteiger partial charge in [0.25, 0.3) is 0 Å². The number of nitrogens with zero attached hydrogens (tertiary/aromatic N) is 1. The molecular weight excluding hydrogens is 448 g/mol. The zero-order valence-corrected chi connectivity index (χ0v) is 18.6. The summed E-state index contributed by atoms with van der Waals surface area (Å²) in [4.78, 5) is 23.8. The lowest BCUT2D eigenvalue weighted by Gasteiger charge is -2.28. The van der Waals surface area contributed by atoms with Gasteiger partial charge in [-0.25, -0.2) is 26.7 Å². The minimum Gasteiger partial charge on any atom is -0.487 e. The number of hydrogen-bond donors (Lipinski definition) is 3. The Hall–Kier alpha value is -2.57. The molecule has 0 aromatic heterocycles. The molecule has 12 heteroatoms. The van der Waals surface area contributed by atoms with Crippen molar-refractivity contribution in [1.82, 2.24) is 14.9 Å². The fraction of sp³-hybridized carbons (Fsp3) is 0.500. The molecule has 1 aliphatic heterocycles. The SMILES string of the molecule is CC[C@@](O)(CNS(=O)(=O)C/C=C/CN1CC(=O)NC1=O)c1ccc(F)c(OCC(C)F)c1. The molecule has 1 aromatic rings. The van der Waals surface area contributed by atoms with Gasteiger partial charge in [-0.3, -0.25) is 10.1 Å². The Morgan fingerprint density at radius 3 is 2.69 bits per heavy atom. The fourth-order valence-electron chi connectivity index (χ4n) is 2.85. The Morgan fingerprint density at radius 2 is 2.09 bits per heavy atom. The zero-order valence-electron chi connectivity index (χ0n) is 17.8. The van der Waals surface area contributed by atoms with Crippen LogP contribution in [0.3, 0.4) is 0 Å². The van der Waals surface area contributed by atoms with E-state index in [0.29, 0.717) is 0 Å². The van der Waals surface area contributed by atoms with E-state index in [1.54, 1.807) is 6.92 Å². The number of benzene rings is 1. The maximum Gasteiger partial charge on any atom is 0.324 e. The van der Waals surface area contributed by atoms with Gasteiger partial charge in [-0.2, -0.15) is 0 Å². The van der Waals surface area contributed by atoms with Gasteiger partial charge in [-0.05, 0) is 31.0 Å². The summed E-state index contributed by atoms with van der Waals surface area (Å²) in [6.45, 7) is 2.12. The lowest BCUT2D eigenvalue weighted by molar-refractivity contribution is -0.118. The number of urea groups is 1. The number of amides is 3. The number of imide groups is 1. The first-order chi connectivity index (χ1) is 15.0. The minimum atomic E-state index is -3.83. The lowest BCUT2D eigenvalue weighted by Crippen LogP contribution is -2.41. The summed E-state index contributed by atoms with van der Waals surface area (Å²) in [5, 5.41) is 13.0. The highest BCUT2D eigenvalue weighted by molar-refractivity contribution is 7.89. The Labute approximate surface area is 185 Å². The van der Waals surface area contributed by atoms with Crippen LogP contribution in [0.5, 0.6) is 5.75 Å². The molecule has 1 unspecified atom stereocenters. The summed E-state index contributed by atoms with van der Waals surface area (Å²) in [6, 6.07) is 3.04. The van der Waals surface area contributed by atoms with Gasteiger partial charge in [0, 0.05) is 13.1 Å². The summed E-state index contributed by atoms with van der Waals surface area (Å²) in [5.74, 6) is -1.81. The van der Waals surface area contributed by atoms with Gasteiger partial charge in [0.2, 0.25) is 15.9 Å². The zero-order chi connectivity index (χ0) is 23.9. The second kappa shape index (κ2) is 10.8. The molecule has 3 amide bonds. The minimum absolute atomic E-state index is 0.0713. The molecule has 2 atom stereocenters. The summed E-state index contributed by atoms with van der Waals surface area (Å²) in [7, 11) is -3.83. The monoisotopic (exact) mass is 475 g/mol. The van der Waals surface area contributed by atoms with Gasteiger partial charge in [0.15, 0.2) is 11.6 Å². The van der Waals surface area contributed by atoms with E-state index in [1.807, 2.05) is 0 Å². The molecule has 178 valence electrons. The van der Waals surface area contributed by atoms with Gasteiger partial charge < -0.3 is 14.7 Å². The van der Waals surface area contributed by atoms with E-state index in [9.17, 15) is 31.9 Å². The largest absolute Gasteiger partial charge is 0.487 e. The number of nitrogens with one attached hydrogen (secondary N) is 2. The molecule has 0 bridgehead atoms. The topological polar surface area (TPSA) is 125 Å². The Balaban J connectivity index is 1.98. The first-order valence-electron chi connectivity index (χ1n) is 9.96. The maximum absolute atomic E-state index is 13.9. The van der Waals surface area contributed by atoms with Gasteiger partial charge in [0.05, 0.1) is 5.75 Å². The Kier molecular flexibility index (Phi) is 8.70. The molecule has 0 saturated carbocycles. The number of ether oxygens (including phenoxy) is 1. The van der Waals surface area contributed by atoms with Crippen LogP contribution in [-0.2, 0) is 20.4 Å². The molecular formula is C20H27F2N3O6S. The number of alkyl halides is 1. The van der Waals surface area contributed by atoms with Crippen molar-refractivity contribution in [3.05, 3.63) is 41.7 Å². The summed E-state index contributed by atoms with van der Waals surface area (Å²) >= 11 is 0. The van der Waals surface area contributed by atoms with Crippen molar-refractivity contribution in [3.63, 3.8) is 0 Å². The number of sulfonamides is 1. The van der Waals surface area contributed by atoms with Gasteiger partial charge >= 0.3 is 6.03 Å². The van der Waals surface area contributed by atoms with Crippen molar-refractivity contribution < 1.29 is 36.6 Å². The molecule has 2 rings (SSSR count). The van der Waals surface area contributed by atoms with Crippen molar-refractivity contribution in [2.24, 2.45) is 0 Å². The third-order valence-electron chi connectivity index (χ3n) is 4.78. The maximum atomic E-state index is 13.9. The van der Waals surface area contributed by atoms with E-state index in [0.717, 1.165) is 6.07 Å². The standard InChI is InChI=1S/C20H27F2N3O6S/c1-3-20(28,15-6-7-16(22)17(10-15)31-12-14(2)21)13-23-32(29,30)9-5-4-8-25-11-18(26)24-19(25)27/h4-7,10,14,23,28H,3,8-9,11-13H2,1-2H3,(H,24,26,27)/b5-4+/t14?,20-/m1/s1. The summed E-state index contributed by atoms with van der Waals surface area (Å²) in [6.07, 6.45) is 1.56. The van der Waals surface area contributed by atoms with Gasteiger partial charge in [-0.1, -0.05) is 25.1 Å². The van der Waals surface area contributed by atoms with E-state index in [4.69, 9.17) is 4.74 Å². The molecule has 0 aliphatic carbocycles. The third-order valence-corrected chi connectivity index (χ3v) is 6.00. The normalized spacial score (nSPS) is 17.5. The van der Waals surface area contributed by atoms with Gasteiger partial charge in [0.1, 0.15) is 24.9 Å². The third kappa shape index (κ3) is 7.24. The summed E-state index contributed by atoms with van der Waals surface area (Å²) in [5.41, 5.74) is -1.44. The van der Waals surface area contributed by atoms with E-state index >= 15 is 0 Å². The molecule has 1 heterocycles. The van der Waals surface area contributed by atoms with Crippen molar-refractivity contribution in [2.75, 3.05) is 32.0 Å². The first-order valence-corrected chi connectivity index (χ1v) is 11.6. The van der Waals surface area contributed by atoms with Crippen LogP contribution in [0.25, 0.3) is 0 Å². The predicted molar refractivity (Wildman–Crippen MR) is 113 cm³/mol. The summed E-state index contributed by atoms with van der Waals surface area (Å²) < 4.78 is 58.9. The highest BCUT2D eigenvalue weighted by atomic mass is 32.2. The van der Waals surface area contributed by atoms with E-state index < -0.39 is 45.3 Å². The van der Waals surface area contributed by atoms with Crippen LogP contribution in [0.2, 0.25) is 0 Å². The van der Waals surface area contributed by atoms with Crippen molar-refractivity contribution in [3.8, 4) is 5.75 Å². The van der Waals surface area contributed by atoms with Crippen LogP contribution in [-0.4, -0.2) is 68.5 Å². The highest BCUT2D eigenvalue weighted by Crippen LogP contribution is 2.29. The molecule has 32 heavy (non-hydrogen) atoms. The molecule has 1 aliphatic rings. The number of carbonyl (C=O) groups is 2. The average molecular weight is 476 g/mol. The molecule has 0 spiro atoms.